The fourth-order valence-corrected chi connectivity index (χ4v) is 2.49. The van der Waals surface area contributed by atoms with E-state index >= 15 is 0 Å². The molecule has 0 aliphatic carbocycles. The van der Waals surface area contributed by atoms with Crippen LogP contribution < -0.4 is 0 Å². The number of rotatable bonds is 2. The lowest BCUT2D eigenvalue weighted by Crippen LogP contribution is -2.25. The van der Waals surface area contributed by atoms with Crippen LogP contribution in [0, 0.1) is 17.4 Å². The summed E-state index contributed by atoms with van der Waals surface area (Å²) in [6, 6.07) is 0. The van der Waals surface area contributed by atoms with Crippen LogP contribution in [0.1, 0.15) is 6.92 Å². The molecule has 5 heteroatoms. The van der Waals surface area contributed by atoms with Gasteiger partial charge in [0.2, 0.25) is 9.05 Å². The largest absolute Gasteiger partial charge is 0.445 e. The molecule has 1 aliphatic rings. The van der Waals surface area contributed by atoms with Crippen LogP contribution in [-0.2, 0) is 13.8 Å². The van der Waals surface area contributed by atoms with Crippen molar-refractivity contribution < 1.29 is 13.2 Å². The van der Waals surface area contributed by atoms with Crippen molar-refractivity contribution in [2.75, 3.05) is 12.4 Å². The number of hydrogen-bond acceptors (Lipinski definition) is 3. The van der Waals surface area contributed by atoms with Gasteiger partial charge in [-0.3, -0.25) is 0 Å². The molecule has 0 spiro atoms. The summed E-state index contributed by atoms with van der Waals surface area (Å²) < 4.78 is 26.0. The molecule has 0 N–H and O–H groups in total. The molecule has 0 saturated carbocycles. The third kappa shape index (κ3) is 2.60. The van der Waals surface area contributed by atoms with E-state index < -0.39 is 14.5 Å². The molecule has 0 saturated heterocycles. The Labute approximate surface area is 70.1 Å². The predicted octanol–water partition coefficient (Wildman–Crippen LogP) is 0.552. The third-order valence-corrected chi connectivity index (χ3v) is 2.62. The molecule has 1 aliphatic heterocycles. The van der Waals surface area contributed by atoms with Gasteiger partial charge in [-0.05, 0) is 12.8 Å². The highest BCUT2D eigenvalue weighted by molar-refractivity contribution is 8.13. The fraction of sp³-hybridized carbons (Fsp3) is 0.667. The first-order valence-electron chi connectivity index (χ1n) is 2.98. The first kappa shape index (κ1) is 8.69. The van der Waals surface area contributed by atoms with Crippen LogP contribution in [0.4, 0.5) is 0 Å². The number of ether oxygens (including phenoxy) is 1. The van der Waals surface area contributed by atoms with Crippen molar-refractivity contribution >= 4 is 19.7 Å². The lowest BCUT2D eigenvalue weighted by atomic mass is 9.97. The van der Waals surface area contributed by atoms with Gasteiger partial charge >= 0.3 is 0 Å². The lowest BCUT2D eigenvalue weighted by Gasteiger charge is -2.14. The zero-order valence-electron chi connectivity index (χ0n) is 5.93. The average Bonchev–Trinajstić information content (AvgIpc) is 2.09. The van der Waals surface area contributed by atoms with E-state index in [1.807, 2.05) is 0 Å². The quantitative estimate of drug-likeness (QED) is 0.477. The van der Waals surface area contributed by atoms with Gasteiger partial charge in [-0.2, -0.15) is 0 Å². The highest BCUT2D eigenvalue weighted by Crippen LogP contribution is 2.23. The Morgan fingerprint density at radius 3 is 2.73 bits per heavy atom. The molecular formula is C6H7ClO3S. The van der Waals surface area contributed by atoms with Crippen molar-refractivity contribution in [2.24, 2.45) is 5.41 Å². The van der Waals surface area contributed by atoms with E-state index in [-0.39, 0.29) is 12.4 Å². The van der Waals surface area contributed by atoms with Crippen LogP contribution in [-0.4, -0.2) is 20.8 Å². The SMILES string of the molecule is CC1(CS(=O)(=O)Cl)C#COC1. The van der Waals surface area contributed by atoms with Gasteiger partial charge in [0.25, 0.3) is 0 Å². The maximum Gasteiger partial charge on any atom is 0.234 e. The van der Waals surface area contributed by atoms with Gasteiger partial charge in [0.15, 0.2) is 0 Å². The minimum atomic E-state index is -3.48. The molecule has 0 aromatic carbocycles. The van der Waals surface area contributed by atoms with Gasteiger partial charge in [-0.1, -0.05) is 0 Å². The third-order valence-electron chi connectivity index (χ3n) is 1.31. The second-order valence-corrected chi connectivity index (χ2v) is 5.54. The summed E-state index contributed by atoms with van der Waals surface area (Å²) in [5, 5.41) is 0. The highest BCUT2D eigenvalue weighted by atomic mass is 35.7. The average molecular weight is 195 g/mol. The van der Waals surface area contributed by atoms with E-state index in [9.17, 15) is 8.42 Å². The van der Waals surface area contributed by atoms with Crippen LogP contribution in [0.5, 0.6) is 0 Å². The van der Waals surface area contributed by atoms with Crippen LogP contribution in [0.25, 0.3) is 0 Å². The molecule has 0 aromatic rings. The van der Waals surface area contributed by atoms with Crippen LogP contribution in [0.3, 0.4) is 0 Å². The summed E-state index contributed by atoms with van der Waals surface area (Å²) in [7, 11) is 1.58. The molecule has 0 bridgehead atoms. The first-order chi connectivity index (χ1) is 4.91. The second kappa shape index (κ2) is 2.58. The Morgan fingerprint density at radius 1 is 1.73 bits per heavy atom. The summed E-state index contributed by atoms with van der Waals surface area (Å²) in [6.07, 6.45) is 2.36. The number of halogens is 1. The van der Waals surface area contributed by atoms with Crippen LogP contribution in [0.2, 0.25) is 0 Å². The van der Waals surface area contributed by atoms with E-state index in [1.54, 1.807) is 6.92 Å². The molecule has 62 valence electrons. The first-order valence-corrected chi connectivity index (χ1v) is 5.45. The van der Waals surface area contributed by atoms with Gasteiger partial charge < -0.3 is 4.74 Å². The molecule has 0 fully saturated rings. The molecule has 1 unspecified atom stereocenters. The molecule has 1 heterocycles. The summed E-state index contributed by atoms with van der Waals surface area (Å²) in [4.78, 5) is 0. The van der Waals surface area contributed by atoms with E-state index in [4.69, 9.17) is 15.4 Å². The monoisotopic (exact) mass is 194 g/mol. The topological polar surface area (TPSA) is 43.4 Å². The van der Waals surface area contributed by atoms with E-state index in [0.717, 1.165) is 0 Å². The maximum atomic E-state index is 10.6. The second-order valence-electron chi connectivity index (χ2n) is 2.76. The van der Waals surface area contributed by atoms with Crippen LogP contribution >= 0.6 is 10.7 Å². The summed E-state index contributed by atoms with van der Waals surface area (Å²) >= 11 is 0. The standard InChI is InChI=1S/C6H7ClO3S/c1-6(2-3-10-4-6)5-11(7,8)9/h4-5H2,1H3. The van der Waals surface area contributed by atoms with Gasteiger partial charge in [0, 0.05) is 10.7 Å². The van der Waals surface area contributed by atoms with Crippen molar-refractivity contribution in [2.45, 2.75) is 6.92 Å². The Balaban J connectivity index is 2.72. The molecule has 0 radical (unpaired) electrons. The van der Waals surface area contributed by atoms with Crippen molar-refractivity contribution in [3.63, 3.8) is 0 Å². The van der Waals surface area contributed by atoms with Gasteiger partial charge in [0.05, 0.1) is 11.2 Å². The lowest BCUT2D eigenvalue weighted by molar-refractivity contribution is 0.225. The summed E-state index contributed by atoms with van der Waals surface area (Å²) in [6.45, 7) is 1.98. The normalized spacial score (nSPS) is 28.9. The molecule has 11 heavy (non-hydrogen) atoms. The van der Waals surface area contributed by atoms with Gasteiger partial charge in [-0.15, -0.1) is 0 Å². The molecular weight excluding hydrogens is 188 g/mol. The minimum absolute atomic E-state index is 0.158. The van der Waals surface area contributed by atoms with Crippen molar-refractivity contribution in [3.05, 3.63) is 0 Å². The van der Waals surface area contributed by atoms with Crippen LogP contribution in [0.15, 0.2) is 0 Å². The molecule has 1 rings (SSSR count). The maximum absolute atomic E-state index is 10.6. The Hall–Kier alpha value is -0.400. The van der Waals surface area contributed by atoms with E-state index in [0.29, 0.717) is 0 Å². The zero-order valence-corrected chi connectivity index (χ0v) is 7.50. The zero-order chi connectivity index (χ0) is 8.54. The smallest absolute Gasteiger partial charge is 0.234 e. The Kier molecular flexibility index (Phi) is 2.04. The highest BCUT2D eigenvalue weighted by Gasteiger charge is 2.31. The predicted molar refractivity (Wildman–Crippen MR) is 41.5 cm³/mol. The van der Waals surface area contributed by atoms with Crippen molar-refractivity contribution in [1.82, 2.24) is 0 Å². The van der Waals surface area contributed by atoms with E-state index in [2.05, 4.69) is 12.0 Å². The van der Waals surface area contributed by atoms with Crippen molar-refractivity contribution in [1.29, 1.82) is 0 Å². The minimum Gasteiger partial charge on any atom is -0.445 e. The molecule has 1 atom stereocenters. The Bertz CT molecular complexity index is 310. The van der Waals surface area contributed by atoms with Crippen molar-refractivity contribution in [3.8, 4) is 12.0 Å². The summed E-state index contributed by atoms with van der Waals surface area (Å²) in [5.74, 6) is 2.50. The molecule has 0 aromatic heterocycles. The molecule has 0 amide bonds. The van der Waals surface area contributed by atoms with Gasteiger partial charge in [0.1, 0.15) is 12.7 Å². The Morgan fingerprint density at radius 2 is 2.36 bits per heavy atom. The summed E-state index contributed by atoms with van der Waals surface area (Å²) in [5.41, 5.74) is -0.624. The fourth-order valence-electron chi connectivity index (χ4n) is 0.849. The molecule has 3 nitrogen and oxygen atoms in total. The number of hydrogen-bond donors (Lipinski definition) is 0. The van der Waals surface area contributed by atoms with Gasteiger partial charge in [-0.25, -0.2) is 8.42 Å². The van der Waals surface area contributed by atoms with E-state index in [1.165, 1.54) is 0 Å².